The number of aliphatic carboxylic acids is 1. The summed E-state index contributed by atoms with van der Waals surface area (Å²) in [6, 6.07) is -3.23. The standard InChI is InChI=1S/C14H26N4O5/c1-7(15)11(20)17-8(2)12(21)18(14(3,4)5)9(13(22)23)6-10(16)19/h7-9H,6,15H2,1-5H3,(H2,16,19)(H,17,20)(H,22,23)/t7-,8-,9-/m0/s1. The largest absolute Gasteiger partial charge is 0.480 e. The summed E-state index contributed by atoms with van der Waals surface area (Å²) in [5.74, 6) is -3.37. The van der Waals surface area contributed by atoms with Crippen LogP contribution in [0.4, 0.5) is 0 Å². The molecule has 9 nitrogen and oxygen atoms in total. The maximum atomic E-state index is 12.6. The van der Waals surface area contributed by atoms with Crippen molar-refractivity contribution in [2.24, 2.45) is 11.5 Å². The first-order chi connectivity index (χ1) is 10.3. The topological polar surface area (TPSA) is 156 Å². The SMILES string of the molecule is C[C@H](N)C(=O)N[C@@H](C)C(=O)N([C@@H](CC(N)=O)C(=O)O)C(C)(C)C. The normalized spacial score (nSPS) is 15.2. The Morgan fingerprint density at radius 2 is 1.65 bits per heavy atom. The van der Waals surface area contributed by atoms with E-state index in [0.717, 1.165) is 4.90 Å². The van der Waals surface area contributed by atoms with Gasteiger partial charge in [-0.05, 0) is 34.6 Å². The molecule has 6 N–H and O–H groups in total. The number of primary amides is 1. The Kier molecular flexibility index (Phi) is 7.17. The third-order valence-corrected chi connectivity index (χ3v) is 3.09. The van der Waals surface area contributed by atoms with Crippen molar-refractivity contribution in [1.29, 1.82) is 0 Å². The van der Waals surface area contributed by atoms with E-state index < -0.39 is 53.8 Å². The van der Waals surface area contributed by atoms with Gasteiger partial charge in [0.05, 0.1) is 12.5 Å². The predicted octanol–water partition coefficient (Wildman–Crippen LogP) is -1.21. The van der Waals surface area contributed by atoms with Crippen molar-refractivity contribution in [2.45, 2.75) is 64.7 Å². The highest BCUT2D eigenvalue weighted by Crippen LogP contribution is 2.21. The second-order valence-corrected chi connectivity index (χ2v) is 6.42. The average molecular weight is 330 g/mol. The van der Waals surface area contributed by atoms with Gasteiger partial charge in [0.25, 0.3) is 0 Å². The van der Waals surface area contributed by atoms with Crippen molar-refractivity contribution in [3.63, 3.8) is 0 Å². The van der Waals surface area contributed by atoms with Gasteiger partial charge in [-0.1, -0.05) is 0 Å². The van der Waals surface area contributed by atoms with E-state index in [2.05, 4.69) is 5.32 Å². The second kappa shape index (κ2) is 7.91. The van der Waals surface area contributed by atoms with Gasteiger partial charge in [0.1, 0.15) is 12.1 Å². The zero-order valence-electron chi connectivity index (χ0n) is 14.1. The number of nitrogens with one attached hydrogen (secondary N) is 1. The number of carbonyl (C=O) groups excluding carboxylic acids is 3. The molecule has 0 saturated heterocycles. The highest BCUT2D eigenvalue weighted by molar-refractivity contribution is 5.93. The molecule has 0 aromatic carbocycles. The fraction of sp³-hybridized carbons (Fsp3) is 0.714. The third-order valence-electron chi connectivity index (χ3n) is 3.09. The highest BCUT2D eigenvalue weighted by Gasteiger charge is 2.40. The lowest BCUT2D eigenvalue weighted by atomic mass is 9.99. The van der Waals surface area contributed by atoms with E-state index in [9.17, 15) is 24.3 Å². The van der Waals surface area contributed by atoms with Gasteiger partial charge in [-0.2, -0.15) is 0 Å². The van der Waals surface area contributed by atoms with E-state index in [4.69, 9.17) is 11.5 Å². The maximum absolute atomic E-state index is 12.6. The number of carbonyl (C=O) groups is 4. The van der Waals surface area contributed by atoms with Crippen LogP contribution >= 0.6 is 0 Å². The summed E-state index contributed by atoms with van der Waals surface area (Å²) in [5, 5.41) is 11.8. The lowest BCUT2D eigenvalue weighted by molar-refractivity contribution is -0.157. The molecule has 0 unspecified atom stereocenters. The number of hydrogen-bond acceptors (Lipinski definition) is 5. The Balaban J connectivity index is 5.54. The Bertz CT molecular complexity index is 484. The summed E-state index contributed by atoms with van der Waals surface area (Å²) >= 11 is 0. The summed E-state index contributed by atoms with van der Waals surface area (Å²) in [6.07, 6.45) is -0.522. The average Bonchev–Trinajstić information content (AvgIpc) is 2.34. The molecular weight excluding hydrogens is 304 g/mol. The van der Waals surface area contributed by atoms with E-state index in [1.165, 1.54) is 13.8 Å². The summed E-state index contributed by atoms with van der Waals surface area (Å²) < 4.78 is 0. The molecule has 0 rings (SSSR count). The first-order valence-corrected chi connectivity index (χ1v) is 7.19. The molecule has 0 heterocycles. The van der Waals surface area contributed by atoms with Gasteiger partial charge in [0, 0.05) is 5.54 Å². The fourth-order valence-electron chi connectivity index (χ4n) is 2.05. The number of hydrogen-bond donors (Lipinski definition) is 4. The quantitative estimate of drug-likeness (QED) is 0.459. The minimum atomic E-state index is -1.42. The first kappa shape index (κ1) is 20.8. The number of nitrogens with two attached hydrogens (primary N) is 2. The van der Waals surface area contributed by atoms with Gasteiger partial charge >= 0.3 is 5.97 Å². The van der Waals surface area contributed by atoms with Crippen LogP contribution in [0.25, 0.3) is 0 Å². The number of amides is 3. The molecule has 23 heavy (non-hydrogen) atoms. The molecule has 0 bridgehead atoms. The van der Waals surface area contributed by atoms with Crippen LogP contribution < -0.4 is 16.8 Å². The van der Waals surface area contributed by atoms with Crippen LogP contribution in [-0.4, -0.2) is 57.4 Å². The first-order valence-electron chi connectivity index (χ1n) is 7.19. The van der Waals surface area contributed by atoms with E-state index in [0.29, 0.717) is 0 Å². The van der Waals surface area contributed by atoms with Gasteiger partial charge in [-0.3, -0.25) is 14.4 Å². The molecule has 0 fully saturated rings. The van der Waals surface area contributed by atoms with Crippen molar-refractivity contribution in [3.8, 4) is 0 Å². The van der Waals surface area contributed by atoms with Crippen LogP contribution in [0, 0.1) is 0 Å². The summed E-state index contributed by atoms with van der Waals surface area (Å²) in [6.45, 7) is 7.76. The smallest absolute Gasteiger partial charge is 0.326 e. The molecule has 0 radical (unpaired) electrons. The third kappa shape index (κ3) is 6.23. The van der Waals surface area contributed by atoms with Crippen molar-refractivity contribution < 1.29 is 24.3 Å². The Morgan fingerprint density at radius 1 is 1.17 bits per heavy atom. The van der Waals surface area contributed by atoms with Gasteiger partial charge in [-0.25, -0.2) is 4.79 Å². The van der Waals surface area contributed by atoms with Crippen molar-refractivity contribution in [3.05, 3.63) is 0 Å². The molecule has 0 aromatic rings. The molecule has 0 spiro atoms. The molecule has 3 amide bonds. The van der Waals surface area contributed by atoms with E-state index >= 15 is 0 Å². The maximum Gasteiger partial charge on any atom is 0.326 e. The van der Waals surface area contributed by atoms with Gasteiger partial charge < -0.3 is 26.8 Å². The number of carboxylic acids is 1. The molecule has 0 saturated carbocycles. The molecule has 0 aliphatic heterocycles. The Morgan fingerprint density at radius 3 is 1.96 bits per heavy atom. The predicted molar refractivity (Wildman–Crippen MR) is 83.1 cm³/mol. The molecule has 9 heteroatoms. The number of rotatable bonds is 7. The van der Waals surface area contributed by atoms with Crippen molar-refractivity contribution in [1.82, 2.24) is 10.2 Å². The fourth-order valence-corrected chi connectivity index (χ4v) is 2.05. The lowest BCUT2D eigenvalue weighted by Gasteiger charge is -2.41. The zero-order chi connectivity index (χ0) is 18.5. The molecule has 132 valence electrons. The van der Waals surface area contributed by atoms with E-state index in [-0.39, 0.29) is 0 Å². The van der Waals surface area contributed by atoms with Crippen LogP contribution in [0.5, 0.6) is 0 Å². The molecule has 0 aliphatic carbocycles. The minimum Gasteiger partial charge on any atom is -0.480 e. The Labute approximate surface area is 135 Å². The Hall–Kier alpha value is -2.16. The second-order valence-electron chi connectivity index (χ2n) is 6.42. The monoisotopic (exact) mass is 330 g/mol. The van der Waals surface area contributed by atoms with E-state index in [1.54, 1.807) is 20.8 Å². The summed E-state index contributed by atoms with van der Waals surface area (Å²) in [7, 11) is 0. The molecule has 3 atom stereocenters. The van der Waals surface area contributed by atoms with Crippen molar-refractivity contribution in [2.75, 3.05) is 0 Å². The lowest BCUT2D eigenvalue weighted by Crippen LogP contribution is -2.61. The van der Waals surface area contributed by atoms with Crippen LogP contribution in [0.15, 0.2) is 0 Å². The van der Waals surface area contributed by atoms with Crippen LogP contribution in [0.3, 0.4) is 0 Å². The summed E-state index contributed by atoms with van der Waals surface area (Å²) in [5.41, 5.74) is 9.61. The van der Waals surface area contributed by atoms with E-state index in [1.807, 2.05) is 0 Å². The van der Waals surface area contributed by atoms with Gasteiger partial charge in [-0.15, -0.1) is 0 Å². The van der Waals surface area contributed by atoms with Gasteiger partial charge in [0.15, 0.2) is 0 Å². The summed E-state index contributed by atoms with van der Waals surface area (Å²) in [4.78, 5) is 47.9. The highest BCUT2D eigenvalue weighted by atomic mass is 16.4. The van der Waals surface area contributed by atoms with Crippen molar-refractivity contribution >= 4 is 23.7 Å². The molecule has 0 aromatic heterocycles. The minimum absolute atomic E-state index is 0.522. The zero-order valence-corrected chi connectivity index (χ0v) is 14.1. The van der Waals surface area contributed by atoms with Crippen LogP contribution in [-0.2, 0) is 19.2 Å². The molecular formula is C14H26N4O5. The van der Waals surface area contributed by atoms with Crippen LogP contribution in [0.2, 0.25) is 0 Å². The molecule has 0 aliphatic rings. The number of carboxylic acid groups (broad SMARTS) is 1. The number of nitrogens with zero attached hydrogens (tertiary/aromatic N) is 1. The van der Waals surface area contributed by atoms with Crippen LogP contribution in [0.1, 0.15) is 41.0 Å². The van der Waals surface area contributed by atoms with Gasteiger partial charge in [0.2, 0.25) is 17.7 Å².